The van der Waals surface area contributed by atoms with Crippen LogP contribution in [0.4, 0.5) is 20.6 Å². The number of thioether (sulfide) groups is 1. The molecule has 3 saturated heterocycles. The minimum atomic E-state index is -0.498. The predicted octanol–water partition coefficient (Wildman–Crippen LogP) is 2.23. The number of hydrogen-bond acceptors (Lipinski definition) is 5. The number of anilines is 2. The molecule has 3 aliphatic heterocycles. The second-order valence-corrected chi connectivity index (χ2v) is 9.11. The van der Waals surface area contributed by atoms with Crippen molar-refractivity contribution in [1.29, 1.82) is 0 Å². The van der Waals surface area contributed by atoms with Crippen LogP contribution in [0.5, 0.6) is 0 Å². The average molecular weight is 391 g/mol. The van der Waals surface area contributed by atoms with Gasteiger partial charge in [0.05, 0.1) is 24.5 Å². The van der Waals surface area contributed by atoms with E-state index in [1.165, 1.54) is 22.5 Å². The lowest BCUT2D eigenvalue weighted by atomic mass is 9.82. The number of amides is 2. The van der Waals surface area contributed by atoms with Gasteiger partial charge >= 0.3 is 6.09 Å². The van der Waals surface area contributed by atoms with Crippen LogP contribution in [0.15, 0.2) is 18.2 Å². The van der Waals surface area contributed by atoms with Crippen molar-refractivity contribution in [3.63, 3.8) is 0 Å². The van der Waals surface area contributed by atoms with E-state index in [9.17, 15) is 14.0 Å². The Morgan fingerprint density at radius 2 is 2.11 bits per heavy atom. The summed E-state index contributed by atoms with van der Waals surface area (Å²) in [5.74, 6) is 2.17. The van der Waals surface area contributed by atoms with Gasteiger partial charge in [-0.3, -0.25) is 9.69 Å². The van der Waals surface area contributed by atoms with Crippen LogP contribution in [0.1, 0.15) is 12.8 Å². The van der Waals surface area contributed by atoms with Crippen LogP contribution in [-0.2, 0) is 9.53 Å². The van der Waals surface area contributed by atoms with E-state index in [1.54, 1.807) is 12.1 Å². The van der Waals surface area contributed by atoms with Gasteiger partial charge in [0.2, 0.25) is 5.91 Å². The molecule has 0 aromatic heterocycles. The zero-order valence-electron chi connectivity index (χ0n) is 14.9. The summed E-state index contributed by atoms with van der Waals surface area (Å²) < 4.78 is 20.0. The quantitative estimate of drug-likeness (QED) is 0.834. The average Bonchev–Trinajstić information content (AvgIpc) is 3.35. The van der Waals surface area contributed by atoms with Crippen molar-refractivity contribution < 1.29 is 18.7 Å². The molecule has 1 atom stereocenters. The Bertz CT molecular complexity index is 788. The number of benzene rings is 1. The number of hydrogen-bond donors (Lipinski definition) is 1. The molecule has 1 spiro atoms. The van der Waals surface area contributed by atoms with Gasteiger partial charge in [0.15, 0.2) is 0 Å². The molecule has 1 saturated carbocycles. The van der Waals surface area contributed by atoms with Crippen molar-refractivity contribution in [2.75, 3.05) is 47.5 Å². The van der Waals surface area contributed by atoms with Gasteiger partial charge < -0.3 is 15.0 Å². The molecule has 1 aromatic rings. The van der Waals surface area contributed by atoms with Crippen LogP contribution in [0.2, 0.25) is 0 Å². The summed E-state index contributed by atoms with van der Waals surface area (Å²) in [6.07, 6.45) is 0.965. The fourth-order valence-electron chi connectivity index (χ4n) is 3.97. The van der Waals surface area contributed by atoms with E-state index in [4.69, 9.17) is 4.74 Å². The van der Waals surface area contributed by atoms with Crippen LogP contribution < -0.4 is 15.1 Å². The van der Waals surface area contributed by atoms with Gasteiger partial charge in [-0.15, -0.1) is 0 Å². The second-order valence-electron chi connectivity index (χ2n) is 8.12. The van der Waals surface area contributed by atoms with Crippen molar-refractivity contribution in [3.05, 3.63) is 24.0 Å². The van der Waals surface area contributed by atoms with Crippen molar-refractivity contribution in [1.82, 2.24) is 5.32 Å². The molecule has 3 heterocycles. The molecule has 144 valence electrons. The Morgan fingerprint density at radius 1 is 1.33 bits per heavy atom. The zero-order chi connectivity index (χ0) is 18.6. The van der Waals surface area contributed by atoms with E-state index in [-0.39, 0.29) is 17.6 Å². The summed E-state index contributed by atoms with van der Waals surface area (Å²) in [7, 11) is 0. The molecule has 0 unspecified atom stereocenters. The Morgan fingerprint density at radius 3 is 2.74 bits per heavy atom. The summed E-state index contributed by atoms with van der Waals surface area (Å²) in [5, 5.41) is 2.82. The highest BCUT2D eigenvalue weighted by atomic mass is 32.2. The fraction of sp³-hybridized carbons (Fsp3) is 0.579. The molecule has 4 aliphatic rings. The standard InChI is InChI=1S/C19H22FN3O3S/c20-15-5-13(3-4-16(15)22-8-19(9-22)10-27-11-19)23-7-14(26-18(23)25)6-21-17(24)12-1-2-12/h3-5,12,14H,1-2,6-11H2,(H,21,24)/t14-/m0/s1. The van der Waals surface area contributed by atoms with E-state index in [0.29, 0.717) is 29.9 Å². The Kier molecular flexibility index (Phi) is 4.00. The number of ether oxygens (including phenoxy) is 1. The van der Waals surface area contributed by atoms with E-state index in [0.717, 1.165) is 25.9 Å². The van der Waals surface area contributed by atoms with Crippen molar-refractivity contribution >= 4 is 35.1 Å². The summed E-state index contributed by atoms with van der Waals surface area (Å²) in [6.45, 7) is 2.42. The smallest absolute Gasteiger partial charge is 0.414 e. The number of halogens is 1. The predicted molar refractivity (Wildman–Crippen MR) is 102 cm³/mol. The van der Waals surface area contributed by atoms with Crippen molar-refractivity contribution in [2.24, 2.45) is 11.3 Å². The third-order valence-corrected chi connectivity index (χ3v) is 7.41. The first-order valence-electron chi connectivity index (χ1n) is 9.41. The first-order chi connectivity index (χ1) is 13.0. The molecule has 0 radical (unpaired) electrons. The monoisotopic (exact) mass is 391 g/mol. The summed E-state index contributed by atoms with van der Waals surface area (Å²) in [5.41, 5.74) is 1.49. The molecule has 4 fully saturated rings. The first-order valence-corrected chi connectivity index (χ1v) is 10.6. The third-order valence-electron chi connectivity index (χ3n) is 5.78. The highest BCUT2D eigenvalue weighted by Gasteiger charge is 2.48. The lowest BCUT2D eigenvalue weighted by Crippen LogP contribution is -2.63. The largest absolute Gasteiger partial charge is 0.442 e. The van der Waals surface area contributed by atoms with Crippen LogP contribution in [0.3, 0.4) is 0 Å². The minimum Gasteiger partial charge on any atom is -0.442 e. The Labute approximate surface area is 161 Å². The normalized spacial score (nSPS) is 25.8. The summed E-state index contributed by atoms with van der Waals surface area (Å²) in [6, 6.07) is 4.92. The molecule has 5 rings (SSSR count). The molecule has 1 aliphatic carbocycles. The molecule has 1 aromatic carbocycles. The van der Waals surface area contributed by atoms with Gasteiger partial charge in [0.25, 0.3) is 0 Å². The fourth-order valence-corrected chi connectivity index (χ4v) is 5.12. The number of nitrogens with zero attached hydrogens (tertiary/aromatic N) is 2. The van der Waals surface area contributed by atoms with Gasteiger partial charge in [-0.2, -0.15) is 11.8 Å². The van der Waals surface area contributed by atoms with Crippen LogP contribution in [-0.4, -0.2) is 55.8 Å². The van der Waals surface area contributed by atoms with E-state index >= 15 is 0 Å². The molecular weight excluding hydrogens is 369 g/mol. The Hall–Kier alpha value is -1.96. The van der Waals surface area contributed by atoms with Gasteiger partial charge in [-0.05, 0) is 31.0 Å². The van der Waals surface area contributed by atoms with Gasteiger partial charge in [0, 0.05) is 35.9 Å². The zero-order valence-corrected chi connectivity index (χ0v) is 15.8. The van der Waals surface area contributed by atoms with Crippen molar-refractivity contribution in [2.45, 2.75) is 18.9 Å². The summed E-state index contributed by atoms with van der Waals surface area (Å²) >= 11 is 1.95. The third kappa shape index (κ3) is 3.13. The van der Waals surface area contributed by atoms with E-state index in [2.05, 4.69) is 10.2 Å². The lowest BCUT2D eigenvalue weighted by Gasteiger charge is -2.56. The summed E-state index contributed by atoms with van der Waals surface area (Å²) in [4.78, 5) is 27.4. The Balaban J connectivity index is 1.21. The van der Waals surface area contributed by atoms with E-state index in [1.807, 2.05) is 11.8 Å². The molecule has 27 heavy (non-hydrogen) atoms. The molecule has 0 bridgehead atoms. The number of carbonyl (C=O) groups is 2. The number of carbonyl (C=O) groups excluding carboxylic acids is 2. The maximum Gasteiger partial charge on any atom is 0.414 e. The lowest BCUT2D eigenvalue weighted by molar-refractivity contribution is -0.122. The van der Waals surface area contributed by atoms with E-state index < -0.39 is 12.2 Å². The maximum atomic E-state index is 14.6. The van der Waals surface area contributed by atoms with Gasteiger partial charge in [0.1, 0.15) is 11.9 Å². The first kappa shape index (κ1) is 17.2. The topological polar surface area (TPSA) is 61.9 Å². The van der Waals surface area contributed by atoms with Crippen LogP contribution in [0.25, 0.3) is 0 Å². The highest BCUT2D eigenvalue weighted by molar-refractivity contribution is 8.00. The van der Waals surface area contributed by atoms with Crippen LogP contribution in [0, 0.1) is 17.2 Å². The molecule has 8 heteroatoms. The number of nitrogens with one attached hydrogen (secondary N) is 1. The number of cyclic esters (lactones) is 1. The van der Waals surface area contributed by atoms with Crippen molar-refractivity contribution in [3.8, 4) is 0 Å². The van der Waals surface area contributed by atoms with Gasteiger partial charge in [-0.1, -0.05) is 0 Å². The number of rotatable bonds is 5. The molecule has 2 amide bonds. The highest BCUT2D eigenvalue weighted by Crippen LogP contribution is 2.47. The SMILES string of the molecule is O=C(NC[C@H]1CN(c2ccc(N3CC4(CSC4)C3)c(F)c2)C(=O)O1)C1CC1. The minimum absolute atomic E-state index is 0.0251. The van der Waals surface area contributed by atoms with Crippen LogP contribution >= 0.6 is 11.8 Å². The molecule has 6 nitrogen and oxygen atoms in total. The molecular formula is C19H22FN3O3S. The second kappa shape index (κ2) is 6.29. The van der Waals surface area contributed by atoms with Gasteiger partial charge in [-0.25, -0.2) is 9.18 Å². The molecule has 1 N–H and O–H groups in total. The maximum absolute atomic E-state index is 14.6.